The van der Waals surface area contributed by atoms with Gasteiger partial charge in [-0.25, -0.2) is 0 Å². The molecule has 0 bridgehead atoms. The molecule has 0 unspecified atom stereocenters. The van der Waals surface area contributed by atoms with Crippen molar-refractivity contribution in [1.82, 2.24) is 0 Å². The lowest BCUT2D eigenvalue weighted by Crippen LogP contribution is -2.21. The van der Waals surface area contributed by atoms with Crippen molar-refractivity contribution >= 4 is 27.1 Å². The summed E-state index contributed by atoms with van der Waals surface area (Å²) >= 11 is 1.77. The van der Waals surface area contributed by atoms with Crippen LogP contribution in [0.2, 0.25) is 0 Å². The van der Waals surface area contributed by atoms with Gasteiger partial charge in [0.15, 0.2) is 0 Å². The minimum atomic E-state index is 0.296. The van der Waals surface area contributed by atoms with E-state index in [0.29, 0.717) is 12.7 Å². The molecule has 3 rings (SSSR count). The molecule has 0 radical (unpaired) electrons. The lowest BCUT2D eigenvalue weighted by atomic mass is 9.96. The van der Waals surface area contributed by atoms with Crippen LogP contribution < -0.4 is 0 Å². The van der Waals surface area contributed by atoms with E-state index < -0.39 is 0 Å². The van der Waals surface area contributed by atoms with Gasteiger partial charge in [0.25, 0.3) is 0 Å². The lowest BCUT2D eigenvalue weighted by molar-refractivity contribution is 0.0284. The zero-order valence-corrected chi connectivity index (χ0v) is 11.5. The van der Waals surface area contributed by atoms with Gasteiger partial charge in [-0.15, -0.1) is 11.3 Å². The summed E-state index contributed by atoms with van der Waals surface area (Å²) in [5.41, 5.74) is 2.18. The minimum Gasteiger partial charge on any atom is -0.411 e. The van der Waals surface area contributed by atoms with E-state index in [1.54, 1.807) is 11.3 Å². The highest BCUT2D eigenvalue weighted by molar-refractivity contribution is 7.17. The average molecular weight is 275 g/mol. The van der Waals surface area contributed by atoms with Crippen LogP contribution in [0.15, 0.2) is 34.8 Å². The van der Waals surface area contributed by atoms with Crippen LogP contribution in [0.5, 0.6) is 0 Å². The van der Waals surface area contributed by atoms with Crippen LogP contribution in [0.1, 0.15) is 31.2 Å². The fourth-order valence-electron chi connectivity index (χ4n) is 2.54. The van der Waals surface area contributed by atoms with E-state index in [1.807, 2.05) is 0 Å². The van der Waals surface area contributed by atoms with Gasteiger partial charge >= 0.3 is 0 Å². The second kappa shape index (κ2) is 5.72. The predicted molar refractivity (Wildman–Crippen MR) is 78.1 cm³/mol. The molecule has 3 nitrogen and oxygen atoms in total. The molecule has 0 saturated heterocycles. The molecule has 1 heterocycles. The summed E-state index contributed by atoms with van der Waals surface area (Å²) in [6.07, 6.45) is 3.92. The zero-order valence-electron chi connectivity index (χ0n) is 10.7. The molecule has 1 aliphatic rings. The zero-order chi connectivity index (χ0) is 13.1. The second-order valence-electron chi connectivity index (χ2n) is 4.93. The molecule has 0 amide bonds. The molecule has 4 heteroatoms. The highest BCUT2D eigenvalue weighted by atomic mass is 32.1. The third-order valence-electron chi connectivity index (χ3n) is 3.69. The van der Waals surface area contributed by atoms with Gasteiger partial charge in [0.2, 0.25) is 0 Å². The summed E-state index contributed by atoms with van der Waals surface area (Å²) < 4.78 is 7.32. The van der Waals surface area contributed by atoms with Crippen LogP contribution in [0.25, 0.3) is 10.1 Å². The van der Waals surface area contributed by atoms with Gasteiger partial charge in [-0.1, -0.05) is 23.4 Å². The van der Waals surface area contributed by atoms with E-state index in [-0.39, 0.29) is 0 Å². The van der Waals surface area contributed by atoms with Crippen molar-refractivity contribution in [3.05, 3.63) is 35.2 Å². The number of thiophene rings is 1. The minimum absolute atomic E-state index is 0.296. The third-order valence-corrected chi connectivity index (χ3v) is 4.70. The maximum absolute atomic E-state index is 8.72. The van der Waals surface area contributed by atoms with Crippen molar-refractivity contribution in [2.45, 2.75) is 38.4 Å². The van der Waals surface area contributed by atoms with Crippen LogP contribution >= 0.6 is 11.3 Å². The molecule has 1 aromatic carbocycles. The third kappa shape index (κ3) is 2.80. The smallest absolute Gasteiger partial charge is 0.0734 e. The Bertz CT molecular complexity index is 581. The number of fused-ring (bicyclic) bond motifs is 1. The van der Waals surface area contributed by atoms with Gasteiger partial charge in [0.05, 0.1) is 18.4 Å². The monoisotopic (exact) mass is 275 g/mol. The van der Waals surface area contributed by atoms with E-state index in [9.17, 15) is 0 Å². The summed E-state index contributed by atoms with van der Waals surface area (Å²) in [4.78, 5) is 0. The second-order valence-corrected chi connectivity index (χ2v) is 5.84. The maximum atomic E-state index is 8.72. The van der Waals surface area contributed by atoms with Crippen LogP contribution in [-0.2, 0) is 11.3 Å². The van der Waals surface area contributed by atoms with Crippen LogP contribution in [0, 0.1) is 0 Å². The molecule has 1 aliphatic carbocycles. The highest BCUT2D eigenvalue weighted by Gasteiger charge is 2.18. The van der Waals surface area contributed by atoms with Crippen LogP contribution in [-0.4, -0.2) is 17.0 Å². The van der Waals surface area contributed by atoms with Crippen molar-refractivity contribution in [1.29, 1.82) is 0 Å². The molecular formula is C15H17NO2S. The SMILES string of the molecule is ON=C1CCC(OCc2csc3ccccc23)CC1. The molecular weight excluding hydrogens is 258 g/mol. The van der Waals surface area contributed by atoms with E-state index >= 15 is 0 Å². The molecule has 1 saturated carbocycles. The number of rotatable bonds is 3. The largest absolute Gasteiger partial charge is 0.411 e. The normalized spacial score (nSPS) is 19.8. The first-order chi connectivity index (χ1) is 9.36. The van der Waals surface area contributed by atoms with Crippen molar-refractivity contribution in [3.8, 4) is 0 Å². The van der Waals surface area contributed by atoms with Crippen molar-refractivity contribution < 1.29 is 9.94 Å². The quantitative estimate of drug-likeness (QED) is 0.674. The van der Waals surface area contributed by atoms with Gasteiger partial charge in [-0.3, -0.25) is 0 Å². The number of ether oxygens (including phenoxy) is 1. The molecule has 2 aromatic rings. The van der Waals surface area contributed by atoms with Gasteiger partial charge < -0.3 is 9.94 Å². The van der Waals surface area contributed by atoms with Gasteiger partial charge in [-0.2, -0.15) is 0 Å². The predicted octanol–water partition coefficient (Wildman–Crippen LogP) is 4.19. The molecule has 0 atom stereocenters. The molecule has 0 spiro atoms. The summed E-state index contributed by atoms with van der Waals surface area (Å²) in [7, 11) is 0. The Balaban J connectivity index is 1.61. The number of benzene rings is 1. The average Bonchev–Trinajstić information content (AvgIpc) is 2.89. The van der Waals surface area contributed by atoms with Gasteiger partial charge in [0.1, 0.15) is 0 Å². The topological polar surface area (TPSA) is 41.8 Å². The number of hydrogen-bond acceptors (Lipinski definition) is 4. The molecule has 1 N–H and O–H groups in total. The van der Waals surface area contributed by atoms with Crippen molar-refractivity contribution in [2.75, 3.05) is 0 Å². The molecule has 100 valence electrons. The van der Waals surface area contributed by atoms with Gasteiger partial charge in [-0.05, 0) is 48.1 Å². The Morgan fingerprint density at radius 2 is 2.05 bits per heavy atom. The summed E-state index contributed by atoms with van der Waals surface area (Å²) in [5.74, 6) is 0. The Morgan fingerprint density at radius 1 is 1.26 bits per heavy atom. The molecule has 19 heavy (non-hydrogen) atoms. The van der Waals surface area contributed by atoms with Crippen LogP contribution in [0.3, 0.4) is 0 Å². The number of hydrogen-bond donors (Lipinski definition) is 1. The Labute approximate surface area is 116 Å². The van der Waals surface area contributed by atoms with E-state index in [0.717, 1.165) is 31.4 Å². The number of oxime groups is 1. The first kappa shape index (κ1) is 12.6. The van der Waals surface area contributed by atoms with Crippen molar-refractivity contribution in [2.24, 2.45) is 5.16 Å². The van der Waals surface area contributed by atoms with Crippen LogP contribution in [0.4, 0.5) is 0 Å². The maximum Gasteiger partial charge on any atom is 0.0734 e. The fraction of sp³-hybridized carbons (Fsp3) is 0.400. The van der Waals surface area contributed by atoms with Crippen molar-refractivity contribution in [3.63, 3.8) is 0 Å². The number of nitrogens with zero attached hydrogens (tertiary/aromatic N) is 1. The van der Waals surface area contributed by atoms with E-state index in [4.69, 9.17) is 9.94 Å². The first-order valence-corrected chi connectivity index (χ1v) is 7.51. The van der Waals surface area contributed by atoms with E-state index in [2.05, 4.69) is 34.8 Å². The Kier molecular flexibility index (Phi) is 3.80. The van der Waals surface area contributed by atoms with Gasteiger partial charge in [0, 0.05) is 4.70 Å². The summed E-state index contributed by atoms with van der Waals surface area (Å²) in [5, 5.41) is 15.5. The highest BCUT2D eigenvalue weighted by Crippen LogP contribution is 2.27. The molecule has 1 aromatic heterocycles. The summed E-state index contributed by atoms with van der Waals surface area (Å²) in [6, 6.07) is 8.44. The lowest BCUT2D eigenvalue weighted by Gasteiger charge is -2.22. The summed E-state index contributed by atoms with van der Waals surface area (Å²) in [6.45, 7) is 0.681. The molecule has 1 fully saturated rings. The van der Waals surface area contributed by atoms with E-state index in [1.165, 1.54) is 15.6 Å². The first-order valence-electron chi connectivity index (χ1n) is 6.63. The Hall–Kier alpha value is -1.39. The Morgan fingerprint density at radius 3 is 2.84 bits per heavy atom. The fourth-order valence-corrected chi connectivity index (χ4v) is 3.49. The molecule has 0 aliphatic heterocycles. The standard InChI is InChI=1S/C15H17NO2S/c17-16-12-5-7-13(8-6-12)18-9-11-10-19-15-4-2-1-3-14(11)15/h1-4,10,13,17H,5-9H2.